The SMILES string of the molecule is COc1ccc(CN2C(=O)c3c(cc(Nc4ccnc(Cl)c4C)nc3C)C23CCCCC3)cc1. The Balaban J connectivity index is 1.55. The van der Waals surface area contributed by atoms with Gasteiger partial charge in [0.1, 0.15) is 16.7 Å². The number of methoxy groups -OCH3 is 1. The lowest BCUT2D eigenvalue weighted by atomic mass is 9.76. The minimum atomic E-state index is -0.306. The minimum absolute atomic E-state index is 0.0763. The fourth-order valence-electron chi connectivity index (χ4n) is 5.44. The van der Waals surface area contributed by atoms with Crippen molar-refractivity contribution in [2.24, 2.45) is 0 Å². The van der Waals surface area contributed by atoms with Crippen LogP contribution in [0.15, 0.2) is 42.6 Å². The van der Waals surface area contributed by atoms with Gasteiger partial charge in [-0.05, 0) is 62.1 Å². The van der Waals surface area contributed by atoms with E-state index in [9.17, 15) is 4.79 Å². The third-order valence-corrected chi connectivity index (χ3v) is 7.64. The van der Waals surface area contributed by atoms with Crippen LogP contribution in [0.2, 0.25) is 5.15 Å². The highest BCUT2D eigenvalue weighted by atomic mass is 35.5. The van der Waals surface area contributed by atoms with Crippen LogP contribution in [-0.2, 0) is 12.1 Å². The molecule has 1 fully saturated rings. The number of nitrogens with zero attached hydrogens (tertiary/aromatic N) is 3. The maximum atomic E-state index is 13.8. The average Bonchev–Trinajstić information content (AvgIpc) is 3.06. The highest BCUT2D eigenvalue weighted by Gasteiger charge is 2.50. The molecular weight excluding hydrogens is 448 g/mol. The molecule has 1 N–H and O–H groups in total. The third-order valence-electron chi connectivity index (χ3n) is 7.26. The number of benzene rings is 1. The number of nitrogens with one attached hydrogen (secondary N) is 1. The van der Waals surface area contributed by atoms with Crippen LogP contribution >= 0.6 is 11.6 Å². The summed E-state index contributed by atoms with van der Waals surface area (Å²) >= 11 is 6.23. The van der Waals surface area contributed by atoms with Crippen molar-refractivity contribution in [2.75, 3.05) is 12.4 Å². The first-order chi connectivity index (χ1) is 16.4. The Hall–Kier alpha value is -3.12. The Labute approximate surface area is 205 Å². The molecule has 2 aromatic heterocycles. The fourth-order valence-corrected chi connectivity index (χ4v) is 5.60. The van der Waals surface area contributed by atoms with Gasteiger partial charge in [0.25, 0.3) is 5.91 Å². The van der Waals surface area contributed by atoms with Crippen LogP contribution in [0.4, 0.5) is 11.5 Å². The van der Waals surface area contributed by atoms with Gasteiger partial charge < -0.3 is 15.0 Å². The zero-order valence-electron chi connectivity index (χ0n) is 19.8. The molecule has 0 unspecified atom stereocenters. The molecule has 0 atom stereocenters. The Morgan fingerprint density at radius 2 is 1.85 bits per heavy atom. The molecule has 6 nitrogen and oxygen atoms in total. The molecule has 1 aliphatic heterocycles. The van der Waals surface area contributed by atoms with Gasteiger partial charge in [-0.15, -0.1) is 0 Å². The van der Waals surface area contributed by atoms with Gasteiger partial charge in [-0.2, -0.15) is 0 Å². The zero-order chi connectivity index (χ0) is 23.9. The molecule has 1 amide bonds. The summed E-state index contributed by atoms with van der Waals surface area (Å²) < 4.78 is 5.31. The van der Waals surface area contributed by atoms with E-state index in [-0.39, 0.29) is 11.4 Å². The van der Waals surface area contributed by atoms with E-state index in [4.69, 9.17) is 21.3 Å². The quantitative estimate of drug-likeness (QED) is 0.437. The van der Waals surface area contributed by atoms with Crippen molar-refractivity contribution >= 4 is 29.0 Å². The maximum absolute atomic E-state index is 13.8. The van der Waals surface area contributed by atoms with Crippen LogP contribution in [0.1, 0.15) is 64.8 Å². The Bertz CT molecular complexity index is 1240. The van der Waals surface area contributed by atoms with Gasteiger partial charge >= 0.3 is 0 Å². The lowest BCUT2D eigenvalue weighted by Gasteiger charge is -2.42. The van der Waals surface area contributed by atoms with Crippen molar-refractivity contribution < 1.29 is 9.53 Å². The van der Waals surface area contributed by atoms with Gasteiger partial charge in [-0.1, -0.05) is 43.0 Å². The summed E-state index contributed by atoms with van der Waals surface area (Å²) in [5, 5.41) is 3.88. The van der Waals surface area contributed by atoms with E-state index in [0.29, 0.717) is 11.7 Å². The van der Waals surface area contributed by atoms with Gasteiger partial charge in [-0.3, -0.25) is 4.79 Å². The summed E-state index contributed by atoms with van der Waals surface area (Å²) in [6.45, 7) is 4.43. The first kappa shape index (κ1) is 22.7. The summed E-state index contributed by atoms with van der Waals surface area (Å²) in [5.41, 5.74) is 5.13. The van der Waals surface area contributed by atoms with Crippen LogP contribution < -0.4 is 10.1 Å². The number of rotatable bonds is 5. The standard InChI is InChI=1S/C27H29ClN4O2/c1-17-22(11-14-29-25(17)28)31-23-15-21-24(18(2)30-23)26(33)32(27(21)12-5-4-6-13-27)16-19-7-9-20(34-3)10-8-19/h7-11,14-15H,4-6,12-13,16H2,1-3H3,(H,29,30,31). The fraction of sp³-hybridized carbons (Fsp3) is 0.370. The molecule has 1 aliphatic carbocycles. The molecule has 0 bridgehead atoms. The molecule has 1 aromatic carbocycles. The predicted molar refractivity (Wildman–Crippen MR) is 134 cm³/mol. The van der Waals surface area contributed by atoms with Crippen molar-refractivity contribution in [3.05, 3.63) is 75.7 Å². The van der Waals surface area contributed by atoms with Gasteiger partial charge in [0.15, 0.2) is 0 Å². The van der Waals surface area contributed by atoms with E-state index in [1.165, 1.54) is 6.42 Å². The lowest BCUT2D eigenvalue weighted by molar-refractivity contribution is 0.0387. The summed E-state index contributed by atoms with van der Waals surface area (Å²) in [6.07, 6.45) is 7.02. The second kappa shape index (κ2) is 8.91. The first-order valence-corrected chi connectivity index (χ1v) is 12.2. The Morgan fingerprint density at radius 1 is 1.12 bits per heavy atom. The molecule has 7 heteroatoms. The minimum Gasteiger partial charge on any atom is -0.497 e. The molecule has 2 aliphatic rings. The number of halogens is 1. The van der Waals surface area contributed by atoms with Crippen molar-refractivity contribution in [3.63, 3.8) is 0 Å². The molecule has 3 aromatic rings. The predicted octanol–water partition coefficient (Wildman–Crippen LogP) is 6.31. The topological polar surface area (TPSA) is 67.3 Å². The Morgan fingerprint density at radius 3 is 2.56 bits per heavy atom. The molecule has 0 radical (unpaired) electrons. The first-order valence-electron chi connectivity index (χ1n) is 11.8. The highest BCUT2D eigenvalue weighted by Crippen LogP contribution is 2.50. The second-order valence-electron chi connectivity index (χ2n) is 9.25. The number of pyridine rings is 2. The smallest absolute Gasteiger partial charge is 0.257 e. The van der Waals surface area contributed by atoms with E-state index < -0.39 is 0 Å². The average molecular weight is 477 g/mol. The van der Waals surface area contributed by atoms with Gasteiger partial charge in [0.05, 0.1) is 23.9 Å². The van der Waals surface area contributed by atoms with Crippen LogP contribution in [0.5, 0.6) is 5.75 Å². The summed E-state index contributed by atoms with van der Waals surface area (Å²) in [5.74, 6) is 1.62. The summed E-state index contributed by atoms with van der Waals surface area (Å²) in [7, 11) is 1.66. The van der Waals surface area contributed by atoms with E-state index in [1.54, 1.807) is 13.3 Å². The number of carbonyl (C=O) groups is 1. The van der Waals surface area contributed by atoms with E-state index in [0.717, 1.165) is 70.9 Å². The number of ether oxygens (including phenoxy) is 1. The molecule has 176 valence electrons. The molecule has 1 saturated carbocycles. The number of anilines is 2. The lowest BCUT2D eigenvalue weighted by Crippen LogP contribution is -2.44. The number of carbonyl (C=O) groups excluding carboxylic acids is 1. The zero-order valence-corrected chi connectivity index (χ0v) is 20.6. The monoisotopic (exact) mass is 476 g/mol. The third kappa shape index (κ3) is 3.80. The number of amides is 1. The summed E-state index contributed by atoms with van der Waals surface area (Å²) in [6, 6.07) is 12.0. The number of hydrogen-bond donors (Lipinski definition) is 1. The van der Waals surface area contributed by atoms with Gasteiger partial charge in [0.2, 0.25) is 0 Å². The van der Waals surface area contributed by atoms with Crippen LogP contribution in [0.25, 0.3) is 0 Å². The van der Waals surface area contributed by atoms with Crippen LogP contribution in [0, 0.1) is 13.8 Å². The van der Waals surface area contributed by atoms with Crippen molar-refractivity contribution in [2.45, 2.75) is 58.0 Å². The van der Waals surface area contributed by atoms with E-state index >= 15 is 0 Å². The highest BCUT2D eigenvalue weighted by molar-refractivity contribution is 6.30. The number of aryl methyl sites for hydroxylation is 1. The van der Waals surface area contributed by atoms with Crippen LogP contribution in [0.3, 0.4) is 0 Å². The maximum Gasteiger partial charge on any atom is 0.257 e. The van der Waals surface area contributed by atoms with E-state index in [2.05, 4.69) is 21.3 Å². The van der Waals surface area contributed by atoms with E-state index in [1.807, 2.05) is 44.2 Å². The van der Waals surface area contributed by atoms with Crippen molar-refractivity contribution in [3.8, 4) is 5.75 Å². The van der Waals surface area contributed by atoms with Crippen molar-refractivity contribution in [1.29, 1.82) is 0 Å². The second-order valence-corrected chi connectivity index (χ2v) is 9.60. The Kier molecular flexibility index (Phi) is 5.94. The van der Waals surface area contributed by atoms with Gasteiger partial charge in [0, 0.05) is 24.0 Å². The number of fused-ring (bicyclic) bond motifs is 2. The van der Waals surface area contributed by atoms with Crippen molar-refractivity contribution in [1.82, 2.24) is 14.9 Å². The largest absolute Gasteiger partial charge is 0.497 e. The molecule has 3 heterocycles. The molecule has 34 heavy (non-hydrogen) atoms. The molecule has 0 saturated heterocycles. The van der Waals surface area contributed by atoms with Crippen LogP contribution in [-0.4, -0.2) is 27.9 Å². The normalized spacial score (nSPS) is 16.6. The number of aromatic nitrogens is 2. The molecular formula is C27H29ClN4O2. The molecule has 5 rings (SSSR count). The molecule has 1 spiro atoms. The number of hydrogen-bond acceptors (Lipinski definition) is 5. The summed E-state index contributed by atoms with van der Waals surface area (Å²) in [4.78, 5) is 24.8. The van der Waals surface area contributed by atoms with Gasteiger partial charge in [-0.25, -0.2) is 9.97 Å².